The molecule has 0 spiro atoms. The largest absolute Gasteiger partial charge is 0.497 e. The number of aryl methyl sites for hydroxylation is 4. The van der Waals surface area contributed by atoms with Crippen LogP contribution in [-0.4, -0.2) is 35.5 Å². The maximum absolute atomic E-state index is 6.27. The average molecular weight is 529 g/mol. The zero-order valence-corrected chi connectivity index (χ0v) is 23.3. The van der Waals surface area contributed by atoms with Crippen LogP contribution in [0.1, 0.15) is 22.3 Å². The molecule has 0 atom stereocenters. The van der Waals surface area contributed by atoms with Gasteiger partial charge in [0.15, 0.2) is 11.5 Å². The Kier molecular flexibility index (Phi) is 9.57. The van der Waals surface area contributed by atoms with Crippen LogP contribution in [0.4, 0.5) is 0 Å². The van der Waals surface area contributed by atoms with Gasteiger partial charge in [-0.2, -0.15) is 0 Å². The van der Waals surface area contributed by atoms with Gasteiger partial charge in [0.05, 0.1) is 35.5 Å². The summed E-state index contributed by atoms with van der Waals surface area (Å²) < 4.78 is 33.6. The van der Waals surface area contributed by atoms with E-state index in [1.807, 2.05) is 54.6 Å². The summed E-state index contributed by atoms with van der Waals surface area (Å²) in [6.45, 7) is 0. The van der Waals surface area contributed by atoms with Gasteiger partial charge in [0.1, 0.15) is 28.7 Å². The van der Waals surface area contributed by atoms with Gasteiger partial charge in [-0.25, -0.2) is 0 Å². The molecule has 0 saturated carbocycles. The molecule has 0 aromatic heterocycles. The van der Waals surface area contributed by atoms with Gasteiger partial charge < -0.3 is 28.4 Å². The molecule has 6 nitrogen and oxygen atoms in total. The summed E-state index contributed by atoms with van der Waals surface area (Å²) in [5.74, 6) is 5.23. The lowest BCUT2D eigenvalue weighted by Gasteiger charge is -2.16. The van der Waals surface area contributed by atoms with Crippen molar-refractivity contribution in [2.45, 2.75) is 25.7 Å². The Morgan fingerprint density at radius 1 is 0.385 bits per heavy atom. The highest BCUT2D eigenvalue weighted by molar-refractivity contribution is 5.52. The van der Waals surface area contributed by atoms with Crippen molar-refractivity contribution in [1.29, 1.82) is 0 Å². The summed E-state index contributed by atoms with van der Waals surface area (Å²) in [5.41, 5.74) is 4.65. The van der Waals surface area contributed by atoms with E-state index in [-0.39, 0.29) is 0 Å². The van der Waals surface area contributed by atoms with E-state index >= 15 is 0 Å². The molecule has 0 fully saturated rings. The van der Waals surface area contributed by atoms with E-state index in [4.69, 9.17) is 28.4 Å². The minimum absolute atomic E-state index is 0.621. The van der Waals surface area contributed by atoms with Crippen LogP contribution in [0.15, 0.2) is 78.9 Å². The molecule has 0 aliphatic heterocycles. The van der Waals surface area contributed by atoms with Crippen LogP contribution >= 0.6 is 0 Å². The van der Waals surface area contributed by atoms with Crippen molar-refractivity contribution >= 4 is 0 Å². The second-order valence-corrected chi connectivity index (χ2v) is 9.13. The highest BCUT2D eigenvalue weighted by Gasteiger charge is 2.14. The third-order valence-electron chi connectivity index (χ3n) is 6.67. The number of rotatable bonds is 13. The minimum Gasteiger partial charge on any atom is -0.497 e. The number of hydrogen-bond donors (Lipinski definition) is 0. The lowest BCUT2D eigenvalue weighted by molar-refractivity contribution is 0.366. The highest BCUT2D eigenvalue weighted by Crippen LogP contribution is 2.38. The standard InChI is InChI=1S/C33H36O6/c1-34-27-14-9-24(10-15-27)8-13-26-20-33(32(38-5)22-31(26)37-4)39-28-16-11-23(12-17-28)6-7-25-18-29(35-2)21-30(19-25)36-3/h9-12,14-22H,6-8,13H2,1-5H3. The molecule has 4 rings (SSSR count). The second kappa shape index (κ2) is 13.5. The molecule has 0 bridgehead atoms. The lowest BCUT2D eigenvalue weighted by atomic mass is 10.0. The van der Waals surface area contributed by atoms with Gasteiger partial charge in [0.25, 0.3) is 0 Å². The molecule has 0 N–H and O–H groups in total. The number of hydrogen-bond acceptors (Lipinski definition) is 6. The van der Waals surface area contributed by atoms with Crippen molar-refractivity contribution in [2.75, 3.05) is 35.5 Å². The molecular weight excluding hydrogens is 492 g/mol. The summed E-state index contributed by atoms with van der Waals surface area (Å²) in [6, 6.07) is 26.1. The second-order valence-electron chi connectivity index (χ2n) is 9.13. The number of ether oxygens (including phenoxy) is 6. The third kappa shape index (κ3) is 7.38. The van der Waals surface area contributed by atoms with Crippen molar-refractivity contribution in [3.8, 4) is 40.2 Å². The molecular formula is C33H36O6. The van der Waals surface area contributed by atoms with Gasteiger partial charge >= 0.3 is 0 Å². The Bertz CT molecular complexity index is 1320. The van der Waals surface area contributed by atoms with Gasteiger partial charge in [-0.05, 0) is 90.4 Å². The van der Waals surface area contributed by atoms with E-state index in [0.29, 0.717) is 11.5 Å². The Morgan fingerprint density at radius 2 is 0.897 bits per heavy atom. The van der Waals surface area contributed by atoms with E-state index in [2.05, 4.69) is 24.3 Å². The first-order valence-electron chi connectivity index (χ1n) is 12.9. The molecule has 4 aromatic rings. The van der Waals surface area contributed by atoms with Crippen LogP contribution in [0, 0.1) is 0 Å². The molecule has 0 amide bonds. The first kappa shape index (κ1) is 27.7. The van der Waals surface area contributed by atoms with Crippen molar-refractivity contribution in [1.82, 2.24) is 0 Å². The molecule has 0 heterocycles. The van der Waals surface area contributed by atoms with E-state index in [0.717, 1.165) is 65.6 Å². The van der Waals surface area contributed by atoms with E-state index < -0.39 is 0 Å². The molecule has 204 valence electrons. The fraction of sp³-hybridized carbons (Fsp3) is 0.273. The average Bonchev–Trinajstić information content (AvgIpc) is 2.99. The van der Waals surface area contributed by atoms with Crippen LogP contribution in [0.25, 0.3) is 0 Å². The summed E-state index contributed by atoms with van der Waals surface area (Å²) in [7, 11) is 8.31. The van der Waals surface area contributed by atoms with Crippen LogP contribution in [-0.2, 0) is 25.7 Å². The van der Waals surface area contributed by atoms with Crippen molar-refractivity contribution in [3.63, 3.8) is 0 Å². The Hall–Kier alpha value is -4.32. The predicted molar refractivity (Wildman–Crippen MR) is 153 cm³/mol. The first-order chi connectivity index (χ1) is 19.0. The van der Waals surface area contributed by atoms with Gasteiger partial charge in [-0.3, -0.25) is 0 Å². The quantitative estimate of drug-likeness (QED) is 0.185. The maximum atomic E-state index is 6.27. The van der Waals surface area contributed by atoms with Gasteiger partial charge in [-0.15, -0.1) is 0 Å². The summed E-state index contributed by atoms with van der Waals surface area (Å²) in [5, 5.41) is 0. The highest BCUT2D eigenvalue weighted by atomic mass is 16.5. The number of benzene rings is 4. The van der Waals surface area contributed by atoms with Gasteiger partial charge in [-0.1, -0.05) is 24.3 Å². The van der Waals surface area contributed by atoms with Gasteiger partial charge in [0, 0.05) is 12.1 Å². The van der Waals surface area contributed by atoms with Crippen LogP contribution in [0.2, 0.25) is 0 Å². The lowest BCUT2D eigenvalue weighted by Crippen LogP contribution is -1.99. The van der Waals surface area contributed by atoms with Crippen LogP contribution in [0.3, 0.4) is 0 Å². The number of methoxy groups -OCH3 is 5. The predicted octanol–water partition coefficient (Wildman–Crippen LogP) is 7.09. The molecule has 0 radical (unpaired) electrons. The topological polar surface area (TPSA) is 55.4 Å². The Morgan fingerprint density at radius 3 is 1.44 bits per heavy atom. The molecule has 0 aliphatic carbocycles. The fourth-order valence-electron chi connectivity index (χ4n) is 4.43. The summed E-state index contributed by atoms with van der Waals surface area (Å²) in [4.78, 5) is 0. The first-order valence-corrected chi connectivity index (χ1v) is 12.9. The smallest absolute Gasteiger partial charge is 0.169 e. The van der Waals surface area contributed by atoms with Crippen LogP contribution < -0.4 is 28.4 Å². The maximum Gasteiger partial charge on any atom is 0.169 e. The van der Waals surface area contributed by atoms with E-state index in [9.17, 15) is 0 Å². The Balaban J connectivity index is 1.44. The SMILES string of the molecule is COc1ccc(CCc2cc(Oc3ccc(CCc4cc(OC)cc(OC)c4)cc3)c(OC)cc2OC)cc1. The molecule has 0 unspecified atom stereocenters. The molecule has 39 heavy (non-hydrogen) atoms. The van der Waals surface area contributed by atoms with Crippen molar-refractivity contribution in [3.05, 3.63) is 101 Å². The Labute approximate surface area is 231 Å². The third-order valence-corrected chi connectivity index (χ3v) is 6.67. The molecule has 4 aromatic carbocycles. The van der Waals surface area contributed by atoms with Crippen LogP contribution in [0.5, 0.6) is 40.2 Å². The minimum atomic E-state index is 0.621. The summed E-state index contributed by atoms with van der Waals surface area (Å²) >= 11 is 0. The normalized spacial score (nSPS) is 10.6. The molecule has 0 saturated heterocycles. The summed E-state index contributed by atoms with van der Waals surface area (Å²) in [6.07, 6.45) is 3.42. The van der Waals surface area contributed by atoms with E-state index in [1.54, 1.807) is 35.5 Å². The monoisotopic (exact) mass is 528 g/mol. The molecule has 0 aliphatic rings. The van der Waals surface area contributed by atoms with E-state index in [1.165, 1.54) is 11.1 Å². The molecule has 6 heteroatoms. The zero-order chi connectivity index (χ0) is 27.6. The van der Waals surface area contributed by atoms with Crippen molar-refractivity contribution in [2.24, 2.45) is 0 Å². The zero-order valence-electron chi connectivity index (χ0n) is 23.3. The van der Waals surface area contributed by atoms with Gasteiger partial charge in [0.2, 0.25) is 0 Å². The fourth-order valence-corrected chi connectivity index (χ4v) is 4.43. The van der Waals surface area contributed by atoms with Crippen molar-refractivity contribution < 1.29 is 28.4 Å².